The summed E-state index contributed by atoms with van der Waals surface area (Å²) >= 11 is 0. The van der Waals surface area contributed by atoms with E-state index in [9.17, 15) is 0 Å². The number of rotatable bonds is 15. The van der Waals surface area contributed by atoms with Crippen molar-refractivity contribution >= 4 is 182 Å². The first-order chi connectivity index (χ1) is 60.9. The Morgan fingerprint density at radius 2 is 0.431 bits per heavy atom. The summed E-state index contributed by atoms with van der Waals surface area (Å²) in [4.78, 5) is 18.6. The van der Waals surface area contributed by atoms with Gasteiger partial charge in [0.1, 0.15) is 33.5 Å². The van der Waals surface area contributed by atoms with Crippen molar-refractivity contribution in [3.05, 3.63) is 425 Å². The Bertz CT molecular complexity index is 7760. The van der Waals surface area contributed by atoms with Crippen molar-refractivity contribution in [1.29, 1.82) is 0 Å². The van der Waals surface area contributed by atoms with E-state index in [2.05, 4.69) is 417 Å². The molecule has 0 saturated carbocycles. The molecule has 18 aromatic carbocycles. The van der Waals surface area contributed by atoms with Gasteiger partial charge in [0.05, 0.1) is 44.5 Å². The molecule has 7 heterocycles. The van der Waals surface area contributed by atoms with Gasteiger partial charge in [0.15, 0.2) is 5.82 Å². The molecular weight excluding hydrogens is 1510 g/mol. The van der Waals surface area contributed by atoms with Gasteiger partial charge in [-0.25, -0.2) is 9.97 Å². The van der Waals surface area contributed by atoms with Gasteiger partial charge in [0.2, 0.25) is 0 Å². The predicted molar refractivity (Wildman–Crippen MR) is 507 cm³/mol. The van der Waals surface area contributed by atoms with Crippen LogP contribution in [0.25, 0.3) is 182 Å². The molecular formula is C112H70N8O3. The van der Waals surface area contributed by atoms with Crippen LogP contribution in [0, 0.1) is 0 Å². The van der Waals surface area contributed by atoms with E-state index in [1.807, 2.05) is 36.4 Å². The monoisotopic (exact) mass is 1570 g/mol. The zero-order valence-corrected chi connectivity index (χ0v) is 66.2. The Labute approximate surface area is 705 Å². The Kier molecular flexibility index (Phi) is 15.8. The van der Waals surface area contributed by atoms with Crippen LogP contribution in [0.4, 0.5) is 51.2 Å². The summed E-state index contributed by atoms with van der Waals surface area (Å²) in [6.45, 7) is 0. The molecule has 0 saturated heterocycles. The minimum Gasteiger partial charge on any atom is -0.456 e. The number of benzene rings is 18. The smallest absolute Gasteiger partial charge is 0.160 e. The van der Waals surface area contributed by atoms with Crippen LogP contribution < -0.4 is 14.7 Å². The summed E-state index contributed by atoms with van der Waals surface area (Å²) in [5.41, 5.74) is 27.3. The van der Waals surface area contributed by atoms with E-state index < -0.39 is 0 Å². The number of furan rings is 3. The number of nitrogens with zero attached hydrogens (tertiary/aromatic N) is 8. The largest absolute Gasteiger partial charge is 0.456 e. The third-order valence-corrected chi connectivity index (χ3v) is 24.5. The van der Waals surface area contributed by atoms with Gasteiger partial charge < -0.3 is 41.7 Å². The molecule has 0 aliphatic heterocycles. The van der Waals surface area contributed by atoms with Crippen molar-refractivity contribution in [2.75, 3.05) is 14.7 Å². The van der Waals surface area contributed by atoms with Gasteiger partial charge in [-0.3, -0.25) is 0 Å². The Morgan fingerprint density at radius 3 is 0.780 bits per heavy atom. The number of hydrogen-bond acceptors (Lipinski definition) is 8. The maximum Gasteiger partial charge on any atom is 0.160 e. The van der Waals surface area contributed by atoms with Gasteiger partial charge in [0, 0.05) is 168 Å². The Hall–Kier alpha value is -16.8. The molecule has 0 atom stereocenters. The second-order valence-corrected chi connectivity index (χ2v) is 31.6. The van der Waals surface area contributed by atoms with E-state index in [0.29, 0.717) is 5.82 Å². The zero-order valence-electron chi connectivity index (χ0n) is 66.2. The quantitative estimate of drug-likeness (QED) is 0.100. The van der Waals surface area contributed by atoms with Crippen LogP contribution in [0.3, 0.4) is 0 Å². The summed E-state index contributed by atoms with van der Waals surface area (Å²) < 4.78 is 27.3. The Balaban J connectivity index is 0.694. The summed E-state index contributed by atoms with van der Waals surface area (Å²) in [5.74, 6) is 0.536. The first kappa shape index (κ1) is 69.4. The highest BCUT2D eigenvalue weighted by atomic mass is 16.3. The van der Waals surface area contributed by atoms with Crippen LogP contribution >= 0.6 is 0 Å². The lowest BCUT2D eigenvalue weighted by molar-refractivity contribution is 0.668. The zero-order chi connectivity index (χ0) is 80.7. The lowest BCUT2D eigenvalue weighted by atomic mass is 10.0. The molecule has 0 fully saturated rings. The fraction of sp³-hybridized carbons (Fsp3) is 0. The van der Waals surface area contributed by atoms with Crippen molar-refractivity contribution in [2.45, 2.75) is 0 Å². The molecule has 0 spiro atoms. The first-order valence-corrected chi connectivity index (χ1v) is 41.6. The third kappa shape index (κ3) is 11.4. The number of hydrogen-bond donors (Lipinski definition) is 0. The van der Waals surface area contributed by atoms with E-state index in [1.54, 1.807) is 0 Å². The van der Waals surface area contributed by atoms with Crippen LogP contribution in [0.15, 0.2) is 438 Å². The van der Waals surface area contributed by atoms with Gasteiger partial charge >= 0.3 is 0 Å². The highest BCUT2D eigenvalue weighted by Gasteiger charge is 2.27. The van der Waals surface area contributed by atoms with E-state index in [4.69, 9.17) is 23.2 Å². The molecule has 7 aromatic heterocycles. The topological polar surface area (TPSA) is 89.7 Å². The number of aromatic nitrogens is 5. The number of fused-ring (bicyclic) bond motifs is 18. The van der Waals surface area contributed by atoms with Gasteiger partial charge in [-0.15, -0.1) is 0 Å². The van der Waals surface area contributed by atoms with Crippen molar-refractivity contribution in [3.63, 3.8) is 0 Å². The molecule has 0 N–H and O–H groups in total. The van der Waals surface area contributed by atoms with E-state index in [-0.39, 0.29) is 0 Å². The average Bonchev–Trinajstić information content (AvgIpc) is 1.61. The summed E-state index contributed by atoms with van der Waals surface area (Å²) in [7, 11) is 0. The molecule has 11 nitrogen and oxygen atoms in total. The Morgan fingerprint density at radius 1 is 0.171 bits per heavy atom. The average molecular weight is 1580 g/mol. The molecule has 25 aromatic rings. The molecule has 0 bridgehead atoms. The van der Waals surface area contributed by atoms with Crippen molar-refractivity contribution in [2.24, 2.45) is 0 Å². The predicted octanol–water partition coefficient (Wildman–Crippen LogP) is 30.9. The van der Waals surface area contributed by atoms with E-state index in [0.717, 1.165) is 228 Å². The molecule has 25 rings (SSSR count). The van der Waals surface area contributed by atoms with Crippen molar-refractivity contribution < 1.29 is 13.3 Å². The minimum absolute atomic E-state index is 0.536. The van der Waals surface area contributed by atoms with E-state index in [1.165, 1.54) is 0 Å². The summed E-state index contributed by atoms with van der Waals surface area (Å²) in [5, 5.41) is 13.2. The number of anilines is 9. The molecule has 123 heavy (non-hydrogen) atoms. The highest BCUT2D eigenvalue weighted by Crippen LogP contribution is 2.49. The molecule has 0 radical (unpaired) electrons. The maximum atomic E-state index is 6.74. The van der Waals surface area contributed by atoms with Gasteiger partial charge in [-0.1, -0.05) is 200 Å². The van der Waals surface area contributed by atoms with Crippen LogP contribution in [-0.4, -0.2) is 23.7 Å². The van der Waals surface area contributed by atoms with Gasteiger partial charge in [0.25, 0.3) is 0 Å². The van der Waals surface area contributed by atoms with Crippen LogP contribution in [0.1, 0.15) is 0 Å². The van der Waals surface area contributed by atoms with Crippen LogP contribution in [0.5, 0.6) is 0 Å². The molecule has 576 valence electrons. The molecule has 0 aliphatic carbocycles. The van der Waals surface area contributed by atoms with Gasteiger partial charge in [-0.05, 0) is 206 Å². The SMILES string of the molecule is c1ccc(-n2c3ccccc3c3cc(N(c4cccc(-c5cc(-c6cccc(N(c7ccc8c(c7)oc7ccccc78)c7ccc8c(c7)c7ccccc7n8-c7ccccc7)c6)nc(-c6cccc(N(c7ccc8c(c7)oc7ccccc78)c7ccc8c(c7)c7ccccc7n8-c7ccccc7)c6)n5)c4)c4ccc5c(c4)oc4ccccc45)ccc32)cc1. The number of para-hydroxylation sites is 9. The molecule has 11 heteroatoms. The first-order valence-electron chi connectivity index (χ1n) is 41.6. The molecule has 0 amide bonds. The van der Waals surface area contributed by atoms with Crippen molar-refractivity contribution in [1.82, 2.24) is 23.7 Å². The fourth-order valence-corrected chi connectivity index (χ4v) is 19.0. The minimum atomic E-state index is 0.536. The van der Waals surface area contributed by atoms with Crippen LogP contribution in [0.2, 0.25) is 0 Å². The maximum absolute atomic E-state index is 6.74. The second kappa shape index (κ2) is 28.0. The lowest BCUT2D eigenvalue weighted by Gasteiger charge is -2.27. The summed E-state index contributed by atoms with van der Waals surface area (Å²) in [6.07, 6.45) is 0. The highest BCUT2D eigenvalue weighted by molar-refractivity contribution is 6.15. The fourth-order valence-electron chi connectivity index (χ4n) is 19.0. The lowest BCUT2D eigenvalue weighted by Crippen LogP contribution is -2.10. The normalized spacial score (nSPS) is 11.9. The molecule has 0 aliphatic rings. The molecule has 0 unspecified atom stereocenters. The summed E-state index contributed by atoms with van der Waals surface area (Å²) in [6, 6.07) is 152. The van der Waals surface area contributed by atoms with E-state index >= 15 is 0 Å². The standard InChI is InChI=1S/C112H70N8O3/c1-4-28-74(29-5-1)118-100-43-16-10-37-86(100)95-64-80(52-58-103(95)118)115(83-49-55-92-89-40-13-19-46-106(89)121-109(92)67-83)77-34-22-25-71(61-77)98-70-99(72-26-23-35-78(62-72)116(84-50-56-93-90-41-14-20-47-107(90)122-110(93)68-84)81-53-59-104-96(65-81)87-38-11-17-44-101(87)119(104)75-30-6-2-7-31-75)114-112(113-98)73-27-24-36-79(63-73)117(85-51-57-94-91-42-15-21-48-108(91)123-111(94)69-85)82-54-60-105-97(66-82)88-39-12-18-45-102(88)120(105)76-32-8-3-9-33-76/h1-70H. The van der Waals surface area contributed by atoms with Crippen LogP contribution in [-0.2, 0) is 0 Å². The van der Waals surface area contributed by atoms with Crippen molar-refractivity contribution in [3.8, 4) is 51.0 Å². The van der Waals surface area contributed by atoms with Gasteiger partial charge in [-0.2, -0.15) is 0 Å². The second-order valence-electron chi connectivity index (χ2n) is 31.6. The third-order valence-electron chi connectivity index (χ3n) is 24.5.